The van der Waals surface area contributed by atoms with Crippen molar-refractivity contribution in [2.75, 3.05) is 11.9 Å². The Morgan fingerprint density at radius 1 is 1.15 bits per heavy atom. The second kappa shape index (κ2) is 9.34. The van der Waals surface area contributed by atoms with Crippen molar-refractivity contribution in [3.63, 3.8) is 0 Å². The Hall–Kier alpha value is -1.90. The zero-order chi connectivity index (χ0) is 20.0. The summed E-state index contributed by atoms with van der Waals surface area (Å²) in [5, 5.41) is 2.75. The number of carbonyl (C=O) groups excluding carboxylic acids is 1. The van der Waals surface area contributed by atoms with E-state index in [1.807, 2.05) is 20.8 Å². The van der Waals surface area contributed by atoms with Gasteiger partial charge in [-0.05, 0) is 78.7 Å². The molecule has 146 valence electrons. The maximum atomic E-state index is 12.4. The summed E-state index contributed by atoms with van der Waals surface area (Å²) < 4.78 is 33.0. The first-order chi connectivity index (χ1) is 12.7. The van der Waals surface area contributed by atoms with Gasteiger partial charge in [0.1, 0.15) is 5.75 Å². The SMILES string of the molecule is CCCNS(=O)(=O)c1ccc(NC(=O)c2ccc(OC(C)C)c(Br)c2)cc1. The topological polar surface area (TPSA) is 84.5 Å². The Morgan fingerprint density at radius 3 is 2.37 bits per heavy atom. The maximum Gasteiger partial charge on any atom is 0.255 e. The van der Waals surface area contributed by atoms with E-state index < -0.39 is 10.0 Å². The van der Waals surface area contributed by atoms with E-state index in [1.165, 1.54) is 12.1 Å². The van der Waals surface area contributed by atoms with E-state index in [9.17, 15) is 13.2 Å². The summed E-state index contributed by atoms with van der Waals surface area (Å²) in [7, 11) is -3.52. The minimum Gasteiger partial charge on any atom is -0.490 e. The molecule has 0 radical (unpaired) electrons. The highest BCUT2D eigenvalue weighted by atomic mass is 79.9. The lowest BCUT2D eigenvalue weighted by atomic mass is 10.2. The molecule has 2 rings (SSSR count). The predicted octanol–water partition coefficient (Wildman–Crippen LogP) is 4.18. The average Bonchev–Trinajstić information content (AvgIpc) is 2.62. The quantitative estimate of drug-likeness (QED) is 0.626. The second-order valence-corrected chi connectivity index (χ2v) is 8.81. The number of carbonyl (C=O) groups is 1. The molecule has 2 N–H and O–H groups in total. The van der Waals surface area contributed by atoms with Crippen molar-refractivity contribution >= 4 is 37.5 Å². The molecule has 6 nitrogen and oxygen atoms in total. The molecule has 0 aliphatic carbocycles. The van der Waals surface area contributed by atoms with Crippen LogP contribution in [0.1, 0.15) is 37.6 Å². The Morgan fingerprint density at radius 2 is 1.81 bits per heavy atom. The van der Waals surface area contributed by atoms with E-state index in [1.54, 1.807) is 30.3 Å². The Balaban J connectivity index is 2.09. The molecule has 0 saturated heterocycles. The monoisotopic (exact) mass is 454 g/mol. The van der Waals surface area contributed by atoms with Gasteiger partial charge in [0.05, 0.1) is 15.5 Å². The van der Waals surface area contributed by atoms with E-state index in [4.69, 9.17) is 4.74 Å². The molecule has 0 fully saturated rings. The molecule has 0 unspecified atom stereocenters. The largest absolute Gasteiger partial charge is 0.490 e. The van der Waals surface area contributed by atoms with Crippen LogP contribution >= 0.6 is 15.9 Å². The minimum atomic E-state index is -3.52. The van der Waals surface area contributed by atoms with Gasteiger partial charge >= 0.3 is 0 Å². The number of benzene rings is 2. The van der Waals surface area contributed by atoms with E-state index in [-0.39, 0.29) is 16.9 Å². The van der Waals surface area contributed by atoms with E-state index in [2.05, 4.69) is 26.0 Å². The molecule has 27 heavy (non-hydrogen) atoms. The lowest BCUT2D eigenvalue weighted by Gasteiger charge is -2.12. The molecule has 0 spiro atoms. The van der Waals surface area contributed by atoms with Gasteiger partial charge < -0.3 is 10.1 Å². The van der Waals surface area contributed by atoms with Gasteiger partial charge in [0.25, 0.3) is 5.91 Å². The van der Waals surface area contributed by atoms with Gasteiger partial charge in [-0.15, -0.1) is 0 Å². The summed E-state index contributed by atoms with van der Waals surface area (Å²) in [4.78, 5) is 12.6. The fraction of sp³-hybridized carbons (Fsp3) is 0.316. The van der Waals surface area contributed by atoms with Gasteiger partial charge in [-0.3, -0.25) is 4.79 Å². The molecule has 0 aliphatic rings. The molecule has 0 heterocycles. The Labute approximate surface area is 168 Å². The van der Waals surface area contributed by atoms with Crippen LogP contribution in [-0.4, -0.2) is 27.0 Å². The van der Waals surface area contributed by atoms with Crippen LogP contribution in [0.15, 0.2) is 51.8 Å². The smallest absolute Gasteiger partial charge is 0.255 e. The number of anilines is 1. The zero-order valence-corrected chi connectivity index (χ0v) is 17.9. The van der Waals surface area contributed by atoms with E-state index in [0.717, 1.165) is 0 Å². The second-order valence-electron chi connectivity index (χ2n) is 6.19. The highest BCUT2D eigenvalue weighted by molar-refractivity contribution is 9.10. The van der Waals surface area contributed by atoms with Crippen LogP contribution in [0.3, 0.4) is 0 Å². The van der Waals surface area contributed by atoms with E-state index >= 15 is 0 Å². The van der Waals surface area contributed by atoms with Crippen molar-refractivity contribution in [3.8, 4) is 5.75 Å². The number of sulfonamides is 1. The summed E-state index contributed by atoms with van der Waals surface area (Å²) >= 11 is 3.40. The standard InChI is InChI=1S/C19H23BrN2O4S/c1-4-11-21-27(24,25)16-8-6-15(7-9-16)22-19(23)14-5-10-18(17(20)12-14)26-13(2)3/h5-10,12-13,21H,4,11H2,1-3H3,(H,22,23). The average molecular weight is 455 g/mol. The number of nitrogens with one attached hydrogen (secondary N) is 2. The van der Waals surface area contributed by atoms with Crippen LogP contribution in [0.2, 0.25) is 0 Å². The van der Waals surface area contributed by atoms with Gasteiger partial charge in [0, 0.05) is 17.8 Å². The molecular formula is C19H23BrN2O4S. The number of hydrogen-bond acceptors (Lipinski definition) is 4. The first-order valence-electron chi connectivity index (χ1n) is 8.60. The molecule has 0 aliphatic heterocycles. The maximum absolute atomic E-state index is 12.4. The highest BCUT2D eigenvalue weighted by Gasteiger charge is 2.14. The molecule has 8 heteroatoms. The number of amides is 1. The summed E-state index contributed by atoms with van der Waals surface area (Å²) in [6, 6.07) is 11.1. The fourth-order valence-corrected chi connectivity index (χ4v) is 3.84. The lowest BCUT2D eigenvalue weighted by Crippen LogP contribution is -2.24. The minimum absolute atomic E-state index is 0.0302. The number of hydrogen-bond donors (Lipinski definition) is 2. The van der Waals surface area contributed by atoms with E-state index in [0.29, 0.717) is 34.4 Å². The summed E-state index contributed by atoms with van der Waals surface area (Å²) in [6.45, 7) is 6.12. The van der Waals surface area contributed by atoms with Gasteiger partial charge in [-0.2, -0.15) is 0 Å². The predicted molar refractivity (Wildman–Crippen MR) is 110 cm³/mol. The summed E-state index contributed by atoms with van der Waals surface area (Å²) in [5.41, 5.74) is 0.965. The first kappa shape index (κ1) is 21.4. The van der Waals surface area contributed by atoms with Crippen LogP contribution in [-0.2, 0) is 10.0 Å². The van der Waals surface area contributed by atoms with Gasteiger partial charge in [-0.25, -0.2) is 13.1 Å². The van der Waals surface area contributed by atoms with Crippen LogP contribution in [0.5, 0.6) is 5.75 Å². The molecule has 2 aromatic carbocycles. The third-order valence-electron chi connectivity index (χ3n) is 3.52. The van der Waals surface area contributed by atoms with Gasteiger partial charge in [0.2, 0.25) is 10.0 Å². The van der Waals surface area contributed by atoms with Gasteiger partial charge in [-0.1, -0.05) is 6.92 Å². The highest BCUT2D eigenvalue weighted by Crippen LogP contribution is 2.27. The van der Waals surface area contributed by atoms with Crippen LogP contribution in [0.4, 0.5) is 5.69 Å². The van der Waals surface area contributed by atoms with Crippen molar-refractivity contribution in [3.05, 3.63) is 52.5 Å². The Bertz CT molecular complexity index is 896. The zero-order valence-electron chi connectivity index (χ0n) is 15.5. The van der Waals surface area contributed by atoms with Crippen molar-refractivity contribution in [2.24, 2.45) is 0 Å². The fourth-order valence-electron chi connectivity index (χ4n) is 2.23. The molecule has 0 saturated carbocycles. The van der Waals surface area contributed by atoms with Gasteiger partial charge in [0.15, 0.2) is 0 Å². The van der Waals surface area contributed by atoms with Crippen LogP contribution in [0.25, 0.3) is 0 Å². The molecule has 0 atom stereocenters. The lowest BCUT2D eigenvalue weighted by molar-refractivity contribution is 0.102. The molecule has 2 aromatic rings. The van der Waals surface area contributed by atoms with Crippen molar-refractivity contribution in [2.45, 2.75) is 38.2 Å². The van der Waals surface area contributed by atoms with Crippen LogP contribution in [0, 0.1) is 0 Å². The molecule has 1 amide bonds. The third-order valence-corrected chi connectivity index (χ3v) is 5.62. The summed E-state index contributed by atoms with van der Waals surface area (Å²) in [5.74, 6) is 0.363. The normalized spacial score (nSPS) is 11.4. The first-order valence-corrected chi connectivity index (χ1v) is 10.9. The van der Waals surface area contributed by atoms with Crippen molar-refractivity contribution in [1.29, 1.82) is 0 Å². The van der Waals surface area contributed by atoms with Crippen molar-refractivity contribution < 1.29 is 17.9 Å². The number of halogens is 1. The Kier molecular flexibility index (Phi) is 7.41. The van der Waals surface area contributed by atoms with Crippen molar-refractivity contribution in [1.82, 2.24) is 4.72 Å². The van der Waals surface area contributed by atoms with Crippen LogP contribution < -0.4 is 14.8 Å². The molecule has 0 bridgehead atoms. The number of rotatable bonds is 8. The number of ether oxygens (including phenoxy) is 1. The molecular weight excluding hydrogens is 432 g/mol. The molecule has 0 aromatic heterocycles. The third kappa shape index (κ3) is 6.05. The summed E-state index contributed by atoms with van der Waals surface area (Å²) in [6.07, 6.45) is 0.742.